The molecule has 4 N–H and O–H groups in total. The van der Waals surface area contributed by atoms with Gasteiger partial charge >= 0.3 is 5.97 Å². The van der Waals surface area contributed by atoms with Crippen LogP contribution in [0.25, 0.3) is 6.08 Å². The van der Waals surface area contributed by atoms with E-state index in [1.54, 1.807) is 12.1 Å². The fourth-order valence-corrected chi connectivity index (χ4v) is 2.46. The van der Waals surface area contributed by atoms with Gasteiger partial charge in [-0.2, -0.15) is 0 Å². The number of phenolic OH excluding ortho intramolecular Hbond substituents is 3. The summed E-state index contributed by atoms with van der Waals surface area (Å²) in [5.74, 6) is -1.55. The number of ether oxygens (including phenoxy) is 2. The van der Waals surface area contributed by atoms with Crippen LogP contribution in [0.4, 0.5) is 0 Å². The number of amides is 1. The van der Waals surface area contributed by atoms with Gasteiger partial charge in [-0.1, -0.05) is 12.1 Å². The first kappa shape index (κ1) is 20.6. The molecule has 2 rings (SSSR count). The van der Waals surface area contributed by atoms with Crippen molar-refractivity contribution in [1.82, 2.24) is 5.32 Å². The van der Waals surface area contributed by atoms with Crippen LogP contribution >= 0.6 is 0 Å². The van der Waals surface area contributed by atoms with Gasteiger partial charge in [-0.25, -0.2) is 4.79 Å². The Hall–Kier alpha value is -3.68. The second kappa shape index (κ2) is 9.31. The molecule has 0 heterocycles. The topological polar surface area (TPSA) is 125 Å². The summed E-state index contributed by atoms with van der Waals surface area (Å²) in [4.78, 5) is 24.2. The molecule has 0 bridgehead atoms. The smallest absolute Gasteiger partial charge is 0.328 e. The molecule has 0 aliphatic heterocycles. The zero-order valence-corrected chi connectivity index (χ0v) is 15.4. The van der Waals surface area contributed by atoms with Gasteiger partial charge in [0.1, 0.15) is 6.04 Å². The van der Waals surface area contributed by atoms with Crippen molar-refractivity contribution in [2.24, 2.45) is 0 Å². The Morgan fingerprint density at radius 2 is 1.75 bits per heavy atom. The van der Waals surface area contributed by atoms with Crippen LogP contribution in [-0.4, -0.2) is 47.5 Å². The van der Waals surface area contributed by atoms with E-state index in [2.05, 4.69) is 5.32 Å². The molecule has 28 heavy (non-hydrogen) atoms. The van der Waals surface area contributed by atoms with Crippen LogP contribution in [0.15, 0.2) is 42.5 Å². The highest BCUT2D eigenvalue weighted by molar-refractivity contribution is 5.94. The number of esters is 1. The zero-order valence-electron chi connectivity index (χ0n) is 15.4. The highest BCUT2D eigenvalue weighted by Gasteiger charge is 2.21. The predicted molar refractivity (Wildman–Crippen MR) is 101 cm³/mol. The van der Waals surface area contributed by atoms with E-state index in [4.69, 9.17) is 9.47 Å². The minimum absolute atomic E-state index is 0.0213. The number of nitrogens with one attached hydrogen (secondary N) is 1. The van der Waals surface area contributed by atoms with Crippen molar-refractivity contribution in [2.45, 2.75) is 12.5 Å². The van der Waals surface area contributed by atoms with Crippen LogP contribution in [0.5, 0.6) is 23.0 Å². The van der Waals surface area contributed by atoms with Crippen molar-refractivity contribution in [1.29, 1.82) is 0 Å². The van der Waals surface area contributed by atoms with Crippen molar-refractivity contribution in [3.05, 3.63) is 53.6 Å². The summed E-state index contributed by atoms with van der Waals surface area (Å²) in [6, 6.07) is 7.71. The molecule has 0 saturated carbocycles. The summed E-state index contributed by atoms with van der Waals surface area (Å²) in [6.45, 7) is 0. The molecule has 0 aliphatic rings. The van der Waals surface area contributed by atoms with E-state index in [0.29, 0.717) is 11.1 Å². The summed E-state index contributed by atoms with van der Waals surface area (Å²) in [7, 11) is 2.62. The molecule has 0 aromatic heterocycles. The monoisotopic (exact) mass is 387 g/mol. The molecule has 0 spiro atoms. The van der Waals surface area contributed by atoms with Crippen molar-refractivity contribution in [2.75, 3.05) is 14.2 Å². The van der Waals surface area contributed by atoms with E-state index < -0.39 is 17.9 Å². The molecule has 0 radical (unpaired) electrons. The summed E-state index contributed by atoms with van der Waals surface area (Å²) < 4.78 is 9.72. The van der Waals surface area contributed by atoms with E-state index in [9.17, 15) is 24.9 Å². The third-order valence-electron chi connectivity index (χ3n) is 3.91. The van der Waals surface area contributed by atoms with Gasteiger partial charge < -0.3 is 30.1 Å². The zero-order chi connectivity index (χ0) is 20.7. The fourth-order valence-electron chi connectivity index (χ4n) is 2.46. The largest absolute Gasteiger partial charge is 0.504 e. The lowest BCUT2D eigenvalue weighted by Crippen LogP contribution is -2.42. The predicted octanol–water partition coefficient (Wildman–Crippen LogP) is 1.73. The van der Waals surface area contributed by atoms with Gasteiger partial charge in [0.25, 0.3) is 0 Å². The molecular formula is C20H21NO7. The van der Waals surface area contributed by atoms with Crippen LogP contribution in [0.1, 0.15) is 11.1 Å². The Kier molecular flexibility index (Phi) is 6.86. The SMILES string of the molecule is COC(=O)[C@H](Cc1ccc(O)c(O)c1)NC(=O)/C=C/c1ccc(O)c(OC)c1. The lowest BCUT2D eigenvalue weighted by Gasteiger charge is -2.16. The molecule has 0 aliphatic carbocycles. The number of methoxy groups -OCH3 is 2. The summed E-state index contributed by atoms with van der Waals surface area (Å²) in [5.41, 5.74) is 1.14. The Labute approximate surface area is 161 Å². The van der Waals surface area contributed by atoms with Crippen LogP contribution in [0.3, 0.4) is 0 Å². The fraction of sp³-hybridized carbons (Fsp3) is 0.200. The number of rotatable bonds is 7. The molecule has 1 atom stereocenters. The maximum absolute atomic E-state index is 12.2. The molecule has 8 heteroatoms. The normalized spacial score (nSPS) is 11.8. The number of aromatic hydroxyl groups is 3. The highest BCUT2D eigenvalue weighted by atomic mass is 16.5. The second-order valence-electron chi connectivity index (χ2n) is 5.88. The van der Waals surface area contributed by atoms with E-state index >= 15 is 0 Å². The van der Waals surface area contributed by atoms with Crippen LogP contribution in [0.2, 0.25) is 0 Å². The average molecular weight is 387 g/mol. The summed E-state index contributed by atoms with van der Waals surface area (Å²) in [5, 5.41) is 31.1. The average Bonchev–Trinajstić information content (AvgIpc) is 2.69. The minimum Gasteiger partial charge on any atom is -0.504 e. The number of phenols is 3. The first-order chi connectivity index (χ1) is 13.3. The molecular weight excluding hydrogens is 366 g/mol. The molecule has 1 amide bonds. The number of hydrogen-bond donors (Lipinski definition) is 4. The molecule has 2 aromatic carbocycles. The van der Waals surface area contributed by atoms with Crippen molar-refractivity contribution in [3.8, 4) is 23.0 Å². The van der Waals surface area contributed by atoms with Crippen LogP contribution in [-0.2, 0) is 20.7 Å². The van der Waals surface area contributed by atoms with Crippen LogP contribution < -0.4 is 10.1 Å². The second-order valence-corrected chi connectivity index (χ2v) is 5.88. The maximum atomic E-state index is 12.2. The number of benzene rings is 2. The Morgan fingerprint density at radius 3 is 2.39 bits per heavy atom. The molecule has 148 valence electrons. The lowest BCUT2D eigenvalue weighted by atomic mass is 10.1. The van der Waals surface area contributed by atoms with Gasteiger partial charge in [0.15, 0.2) is 23.0 Å². The van der Waals surface area contributed by atoms with Gasteiger partial charge in [-0.3, -0.25) is 4.79 Å². The van der Waals surface area contributed by atoms with Gasteiger partial charge in [-0.05, 0) is 41.5 Å². The lowest BCUT2D eigenvalue weighted by molar-refractivity contribution is -0.144. The maximum Gasteiger partial charge on any atom is 0.328 e. The first-order valence-corrected chi connectivity index (χ1v) is 8.28. The number of carbonyl (C=O) groups excluding carboxylic acids is 2. The van der Waals surface area contributed by atoms with E-state index in [0.717, 1.165) is 0 Å². The van der Waals surface area contributed by atoms with Crippen molar-refractivity contribution in [3.63, 3.8) is 0 Å². The van der Waals surface area contributed by atoms with Gasteiger partial charge in [-0.15, -0.1) is 0 Å². The third kappa shape index (κ3) is 5.41. The quantitative estimate of drug-likeness (QED) is 0.324. The highest BCUT2D eigenvalue weighted by Crippen LogP contribution is 2.27. The Balaban J connectivity index is 2.09. The molecule has 0 saturated heterocycles. The van der Waals surface area contributed by atoms with Gasteiger partial charge in [0, 0.05) is 12.5 Å². The Morgan fingerprint density at radius 1 is 1.04 bits per heavy atom. The summed E-state index contributed by atoms with van der Waals surface area (Å²) >= 11 is 0. The molecule has 8 nitrogen and oxygen atoms in total. The Bertz CT molecular complexity index is 892. The van der Waals surface area contributed by atoms with Gasteiger partial charge in [0.05, 0.1) is 14.2 Å². The number of carbonyl (C=O) groups is 2. The van der Waals surface area contributed by atoms with E-state index in [-0.39, 0.29) is 29.4 Å². The van der Waals surface area contributed by atoms with Crippen molar-refractivity contribution < 1.29 is 34.4 Å². The third-order valence-corrected chi connectivity index (χ3v) is 3.91. The molecule has 2 aromatic rings. The number of hydrogen-bond acceptors (Lipinski definition) is 7. The molecule has 0 fully saturated rings. The van der Waals surface area contributed by atoms with Crippen LogP contribution in [0, 0.1) is 0 Å². The summed E-state index contributed by atoms with van der Waals surface area (Å²) in [6.07, 6.45) is 2.79. The molecule has 0 unspecified atom stereocenters. The van der Waals surface area contributed by atoms with Crippen molar-refractivity contribution >= 4 is 18.0 Å². The minimum atomic E-state index is -0.986. The first-order valence-electron chi connectivity index (χ1n) is 8.28. The van der Waals surface area contributed by atoms with Gasteiger partial charge in [0.2, 0.25) is 5.91 Å². The van der Waals surface area contributed by atoms with E-state index in [1.165, 1.54) is 50.6 Å². The van der Waals surface area contributed by atoms with E-state index in [1.807, 2.05) is 0 Å². The standard InChI is InChI=1S/C20H21NO7/c1-27-18-11-12(3-7-16(18)23)5-8-19(25)21-14(20(26)28-2)9-13-4-6-15(22)17(24)10-13/h3-8,10-11,14,22-24H,9H2,1-2H3,(H,21,25)/b8-5+/t14-/m0/s1.